The first-order valence-corrected chi connectivity index (χ1v) is 6.93. The highest BCUT2D eigenvalue weighted by Gasteiger charge is 2.15. The number of hydrogen-bond acceptors (Lipinski definition) is 2. The van der Waals surface area contributed by atoms with Gasteiger partial charge in [0.05, 0.1) is 16.1 Å². The fourth-order valence-corrected chi connectivity index (χ4v) is 2.47. The second-order valence-corrected chi connectivity index (χ2v) is 5.96. The van der Waals surface area contributed by atoms with Crippen molar-refractivity contribution in [2.45, 2.75) is 20.3 Å². The van der Waals surface area contributed by atoms with Gasteiger partial charge in [0, 0.05) is 22.5 Å². The molecule has 2 rings (SSSR count). The standard InChI is InChI=1S/C14H13BrClNO/c1-8(2)5-13(18)11-7-17-12-4-3-9(15)6-10(12)14(11)16/h3-4,6-8H,5H2,1-2H3. The number of rotatable bonds is 3. The summed E-state index contributed by atoms with van der Waals surface area (Å²) in [6.07, 6.45) is 2.06. The first-order valence-electron chi connectivity index (χ1n) is 5.76. The fraction of sp³-hybridized carbons (Fsp3) is 0.286. The van der Waals surface area contributed by atoms with Crippen LogP contribution in [0.15, 0.2) is 28.9 Å². The van der Waals surface area contributed by atoms with E-state index >= 15 is 0 Å². The predicted molar refractivity (Wildman–Crippen MR) is 78.2 cm³/mol. The van der Waals surface area contributed by atoms with Gasteiger partial charge < -0.3 is 0 Å². The smallest absolute Gasteiger partial charge is 0.166 e. The van der Waals surface area contributed by atoms with E-state index in [2.05, 4.69) is 20.9 Å². The zero-order valence-electron chi connectivity index (χ0n) is 10.2. The molecule has 0 unspecified atom stereocenters. The zero-order chi connectivity index (χ0) is 13.3. The third-order valence-corrected chi connectivity index (χ3v) is 3.56. The number of Topliss-reactive ketones (excluding diaryl/α,β-unsaturated/α-hetero) is 1. The Labute approximate surface area is 119 Å². The van der Waals surface area contributed by atoms with Crippen molar-refractivity contribution in [3.63, 3.8) is 0 Å². The topological polar surface area (TPSA) is 30.0 Å². The summed E-state index contributed by atoms with van der Waals surface area (Å²) >= 11 is 9.71. The monoisotopic (exact) mass is 325 g/mol. The lowest BCUT2D eigenvalue weighted by Gasteiger charge is -2.08. The van der Waals surface area contributed by atoms with Gasteiger partial charge in [-0.2, -0.15) is 0 Å². The first kappa shape index (κ1) is 13.5. The number of benzene rings is 1. The molecule has 0 aliphatic rings. The summed E-state index contributed by atoms with van der Waals surface area (Å²) < 4.78 is 0.923. The van der Waals surface area contributed by atoms with Crippen LogP contribution in [0.4, 0.5) is 0 Å². The van der Waals surface area contributed by atoms with Crippen LogP contribution in [0.1, 0.15) is 30.6 Å². The van der Waals surface area contributed by atoms with E-state index in [0.717, 1.165) is 15.4 Å². The zero-order valence-corrected chi connectivity index (χ0v) is 12.5. The molecule has 0 aliphatic heterocycles. The molecule has 1 aromatic carbocycles. The average Bonchev–Trinajstić information content (AvgIpc) is 2.29. The molecule has 18 heavy (non-hydrogen) atoms. The molecule has 0 radical (unpaired) electrons. The number of pyridine rings is 1. The van der Waals surface area contributed by atoms with Crippen LogP contribution in [0, 0.1) is 5.92 Å². The van der Waals surface area contributed by atoms with Crippen LogP contribution in [0.3, 0.4) is 0 Å². The Morgan fingerprint density at radius 2 is 2.17 bits per heavy atom. The summed E-state index contributed by atoms with van der Waals surface area (Å²) in [5.41, 5.74) is 1.31. The lowest BCUT2D eigenvalue weighted by molar-refractivity contribution is 0.0968. The van der Waals surface area contributed by atoms with E-state index in [0.29, 0.717) is 22.9 Å². The number of carbonyl (C=O) groups is 1. The lowest BCUT2D eigenvalue weighted by Crippen LogP contribution is -2.05. The molecule has 4 heteroatoms. The van der Waals surface area contributed by atoms with Gasteiger partial charge in [-0.1, -0.05) is 41.4 Å². The highest BCUT2D eigenvalue weighted by molar-refractivity contribution is 9.10. The Bertz CT molecular complexity index is 610. The largest absolute Gasteiger partial charge is 0.294 e. The highest BCUT2D eigenvalue weighted by Crippen LogP contribution is 2.29. The number of hydrogen-bond donors (Lipinski definition) is 0. The Hall–Kier alpha value is -0.930. The Balaban J connectivity index is 2.53. The minimum absolute atomic E-state index is 0.0457. The van der Waals surface area contributed by atoms with Crippen LogP contribution in [0.2, 0.25) is 5.02 Å². The van der Waals surface area contributed by atoms with Crippen molar-refractivity contribution >= 4 is 44.2 Å². The number of nitrogens with zero attached hydrogens (tertiary/aromatic N) is 1. The van der Waals surface area contributed by atoms with Gasteiger partial charge in [-0.05, 0) is 24.1 Å². The van der Waals surface area contributed by atoms with Gasteiger partial charge in [0.1, 0.15) is 0 Å². The van der Waals surface area contributed by atoms with Gasteiger partial charge in [0.25, 0.3) is 0 Å². The van der Waals surface area contributed by atoms with Crippen molar-refractivity contribution in [1.29, 1.82) is 0 Å². The molecule has 1 heterocycles. The van der Waals surface area contributed by atoms with Crippen LogP contribution in [-0.4, -0.2) is 10.8 Å². The molecule has 1 aromatic heterocycles. The highest BCUT2D eigenvalue weighted by atomic mass is 79.9. The summed E-state index contributed by atoms with van der Waals surface area (Å²) in [6.45, 7) is 4.02. The number of aromatic nitrogens is 1. The number of ketones is 1. The molecule has 0 amide bonds. The molecule has 0 fully saturated rings. The molecule has 2 nitrogen and oxygen atoms in total. The second kappa shape index (κ2) is 5.37. The van der Waals surface area contributed by atoms with E-state index in [9.17, 15) is 4.79 Å². The number of carbonyl (C=O) groups excluding carboxylic acids is 1. The van der Waals surface area contributed by atoms with Crippen molar-refractivity contribution in [3.8, 4) is 0 Å². The molecule has 0 spiro atoms. The van der Waals surface area contributed by atoms with Gasteiger partial charge in [0.2, 0.25) is 0 Å². The van der Waals surface area contributed by atoms with Gasteiger partial charge in [-0.25, -0.2) is 0 Å². The van der Waals surface area contributed by atoms with Gasteiger partial charge >= 0.3 is 0 Å². The summed E-state index contributed by atoms with van der Waals surface area (Å²) in [5, 5.41) is 1.30. The molecule has 0 saturated carbocycles. The Kier molecular flexibility index (Phi) is 4.03. The third kappa shape index (κ3) is 2.73. The van der Waals surface area contributed by atoms with E-state index < -0.39 is 0 Å². The molecule has 0 bridgehead atoms. The van der Waals surface area contributed by atoms with Crippen LogP contribution < -0.4 is 0 Å². The first-order chi connectivity index (χ1) is 8.49. The fourth-order valence-electron chi connectivity index (χ4n) is 1.81. The lowest BCUT2D eigenvalue weighted by atomic mass is 10.0. The van der Waals surface area contributed by atoms with Crippen molar-refractivity contribution < 1.29 is 4.79 Å². The Morgan fingerprint density at radius 1 is 1.44 bits per heavy atom. The maximum atomic E-state index is 12.1. The van der Waals surface area contributed by atoms with Crippen LogP contribution in [-0.2, 0) is 0 Å². The van der Waals surface area contributed by atoms with Crippen molar-refractivity contribution in [2.24, 2.45) is 5.92 Å². The van der Waals surface area contributed by atoms with Gasteiger partial charge in [-0.15, -0.1) is 0 Å². The van der Waals surface area contributed by atoms with E-state index in [4.69, 9.17) is 11.6 Å². The third-order valence-electron chi connectivity index (χ3n) is 2.66. The van der Waals surface area contributed by atoms with Crippen molar-refractivity contribution in [1.82, 2.24) is 4.98 Å². The SMILES string of the molecule is CC(C)CC(=O)c1cnc2ccc(Br)cc2c1Cl. The summed E-state index contributed by atoms with van der Waals surface area (Å²) in [5.74, 6) is 0.358. The minimum Gasteiger partial charge on any atom is -0.294 e. The number of halogens is 2. The van der Waals surface area contributed by atoms with E-state index in [1.54, 1.807) is 6.20 Å². The van der Waals surface area contributed by atoms with Gasteiger partial charge in [0.15, 0.2) is 5.78 Å². The number of fused-ring (bicyclic) bond motifs is 1. The van der Waals surface area contributed by atoms with E-state index in [-0.39, 0.29) is 5.78 Å². The van der Waals surface area contributed by atoms with Crippen molar-refractivity contribution in [2.75, 3.05) is 0 Å². The Morgan fingerprint density at radius 3 is 2.83 bits per heavy atom. The van der Waals surface area contributed by atoms with Crippen molar-refractivity contribution in [3.05, 3.63) is 39.5 Å². The summed E-state index contributed by atoms with van der Waals surface area (Å²) in [4.78, 5) is 16.4. The molecular weight excluding hydrogens is 314 g/mol. The minimum atomic E-state index is 0.0457. The van der Waals surface area contributed by atoms with Crippen LogP contribution in [0.25, 0.3) is 10.9 Å². The quantitative estimate of drug-likeness (QED) is 0.752. The van der Waals surface area contributed by atoms with Crippen LogP contribution in [0.5, 0.6) is 0 Å². The van der Waals surface area contributed by atoms with Gasteiger partial charge in [-0.3, -0.25) is 9.78 Å². The van der Waals surface area contributed by atoms with Crippen LogP contribution >= 0.6 is 27.5 Å². The molecule has 0 N–H and O–H groups in total. The maximum absolute atomic E-state index is 12.1. The molecule has 2 aromatic rings. The molecule has 0 atom stereocenters. The average molecular weight is 327 g/mol. The van der Waals surface area contributed by atoms with E-state index in [1.807, 2.05) is 32.0 Å². The molecule has 0 aliphatic carbocycles. The van der Waals surface area contributed by atoms with E-state index in [1.165, 1.54) is 0 Å². The normalized spacial score (nSPS) is 11.2. The second-order valence-electron chi connectivity index (χ2n) is 4.67. The molecular formula is C14H13BrClNO. The predicted octanol–water partition coefficient (Wildman–Crippen LogP) is 4.88. The summed E-state index contributed by atoms with van der Waals surface area (Å²) in [7, 11) is 0. The molecule has 0 saturated heterocycles. The molecule has 94 valence electrons. The maximum Gasteiger partial charge on any atom is 0.166 e. The summed E-state index contributed by atoms with van der Waals surface area (Å²) in [6, 6.07) is 5.67.